The van der Waals surface area contributed by atoms with Crippen molar-refractivity contribution in [3.05, 3.63) is 58.3 Å². The molecular weight excluding hydrogens is 294 g/mol. The van der Waals surface area contributed by atoms with E-state index in [1.807, 2.05) is 18.2 Å². The number of benzene rings is 1. The minimum absolute atomic E-state index is 0.0383. The van der Waals surface area contributed by atoms with Crippen LogP contribution in [0.5, 0.6) is 0 Å². The van der Waals surface area contributed by atoms with Crippen molar-refractivity contribution >= 4 is 39.6 Å². The van der Waals surface area contributed by atoms with E-state index in [9.17, 15) is 10.1 Å². The molecule has 0 aliphatic carbocycles. The zero-order valence-electron chi connectivity index (χ0n) is 10.5. The van der Waals surface area contributed by atoms with E-state index >= 15 is 0 Å². The summed E-state index contributed by atoms with van der Waals surface area (Å²) in [4.78, 5) is 22.0. The van der Waals surface area contributed by atoms with E-state index in [1.54, 1.807) is 18.5 Å². The molecule has 1 aromatic carbocycles. The molecule has 3 rings (SSSR count). The summed E-state index contributed by atoms with van der Waals surface area (Å²) in [7, 11) is 0. The minimum Gasteiger partial charge on any atom is -0.334 e. The second-order valence-electron chi connectivity index (χ2n) is 4.15. The first-order valence-electron chi connectivity index (χ1n) is 5.91. The van der Waals surface area contributed by atoms with Gasteiger partial charge in [-0.2, -0.15) is 0 Å². The molecule has 0 spiro atoms. The molecule has 0 saturated carbocycles. The summed E-state index contributed by atoms with van der Waals surface area (Å²) >= 11 is 5.76. The predicted octanol–water partition coefficient (Wildman–Crippen LogP) is 3.33. The lowest BCUT2D eigenvalue weighted by atomic mass is 10.1. The molecule has 0 fully saturated rings. The van der Waals surface area contributed by atoms with Crippen LogP contribution in [0.4, 0.5) is 17.2 Å². The van der Waals surface area contributed by atoms with Gasteiger partial charge in [0.15, 0.2) is 0 Å². The monoisotopic (exact) mass is 301 g/mol. The molecule has 7 nitrogen and oxygen atoms in total. The van der Waals surface area contributed by atoms with Crippen LogP contribution in [0.25, 0.3) is 10.8 Å². The van der Waals surface area contributed by atoms with Crippen molar-refractivity contribution < 1.29 is 4.92 Å². The number of anilines is 2. The number of nitrogens with one attached hydrogen (secondary N) is 1. The van der Waals surface area contributed by atoms with Crippen molar-refractivity contribution in [1.82, 2.24) is 15.0 Å². The molecule has 0 atom stereocenters. The summed E-state index contributed by atoms with van der Waals surface area (Å²) in [5.41, 5.74) is 0.290. The number of fused-ring (bicyclic) bond motifs is 1. The molecule has 1 N–H and O–H groups in total. The van der Waals surface area contributed by atoms with Crippen LogP contribution in [0.3, 0.4) is 0 Å². The lowest BCUT2D eigenvalue weighted by Crippen LogP contribution is -2.02. The Balaban J connectivity index is 2.12. The highest BCUT2D eigenvalue weighted by atomic mass is 35.5. The maximum absolute atomic E-state index is 11.1. The van der Waals surface area contributed by atoms with E-state index in [0.29, 0.717) is 5.69 Å². The van der Waals surface area contributed by atoms with E-state index in [4.69, 9.17) is 11.6 Å². The van der Waals surface area contributed by atoms with Gasteiger partial charge in [-0.25, -0.2) is 9.97 Å². The lowest BCUT2D eigenvalue weighted by Gasteiger charge is -2.09. The third-order valence-electron chi connectivity index (χ3n) is 2.90. The van der Waals surface area contributed by atoms with Gasteiger partial charge in [0.1, 0.15) is 6.33 Å². The number of pyridine rings is 1. The van der Waals surface area contributed by atoms with E-state index in [0.717, 1.165) is 10.8 Å². The Morgan fingerprint density at radius 2 is 2.10 bits per heavy atom. The largest absolute Gasteiger partial charge is 0.348 e. The van der Waals surface area contributed by atoms with Gasteiger partial charge in [-0.3, -0.25) is 15.1 Å². The predicted molar refractivity (Wildman–Crippen MR) is 78.7 cm³/mol. The van der Waals surface area contributed by atoms with E-state index in [-0.39, 0.29) is 16.7 Å². The molecule has 104 valence electrons. The fourth-order valence-electron chi connectivity index (χ4n) is 1.96. The Morgan fingerprint density at radius 1 is 1.24 bits per heavy atom. The van der Waals surface area contributed by atoms with Crippen LogP contribution in [-0.2, 0) is 0 Å². The second kappa shape index (κ2) is 5.29. The molecule has 0 amide bonds. The van der Waals surface area contributed by atoms with Crippen LogP contribution in [-0.4, -0.2) is 19.9 Å². The summed E-state index contributed by atoms with van der Waals surface area (Å²) in [5, 5.41) is 15.6. The molecule has 0 unspecified atom stereocenters. The first kappa shape index (κ1) is 13.2. The number of halogens is 1. The molecule has 21 heavy (non-hydrogen) atoms. The van der Waals surface area contributed by atoms with Crippen LogP contribution in [0.15, 0.2) is 43.0 Å². The van der Waals surface area contributed by atoms with Gasteiger partial charge in [0, 0.05) is 23.5 Å². The number of aromatic nitrogens is 3. The Morgan fingerprint density at radius 3 is 2.90 bits per heavy atom. The standard InChI is InChI=1S/C13H8ClN5O2/c14-12-11(19(20)21)13(17-7-16-12)18-10-3-1-2-8-4-5-15-6-9(8)10/h1-7H,(H,16,17,18). The molecule has 2 heterocycles. The van der Waals surface area contributed by atoms with Crippen molar-refractivity contribution in [3.8, 4) is 0 Å². The average molecular weight is 302 g/mol. The molecule has 2 aromatic heterocycles. The van der Waals surface area contributed by atoms with Crippen LogP contribution in [0, 0.1) is 10.1 Å². The van der Waals surface area contributed by atoms with Gasteiger partial charge in [0.25, 0.3) is 0 Å². The molecule has 0 saturated heterocycles. The molecule has 0 bridgehead atoms. The third kappa shape index (κ3) is 2.46. The van der Waals surface area contributed by atoms with Crippen molar-refractivity contribution in [2.45, 2.75) is 0 Å². The highest BCUT2D eigenvalue weighted by Crippen LogP contribution is 2.32. The highest BCUT2D eigenvalue weighted by Gasteiger charge is 2.21. The Kier molecular flexibility index (Phi) is 3.33. The topological polar surface area (TPSA) is 93.8 Å². The van der Waals surface area contributed by atoms with Gasteiger partial charge < -0.3 is 5.32 Å². The zero-order chi connectivity index (χ0) is 14.8. The van der Waals surface area contributed by atoms with Crippen molar-refractivity contribution in [2.24, 2.45) is 0 Å². The van der Waals surface area contributed by atoms with E-state index in [2.05, 4.69) is 20.3 Å². The Bertz CT molecular complexity index is 834. The molecule has 0 radical (unpaired) electrons. The van der Waals surface area contributed by atoms with Gasteiger partial charge in [-0.05, 0) is 17.5 Å². The number of rotatable bonds is 3. The number of nitro groups is 1. The van der Waals surface area contributed by atoms with E-state index < -0.39 is 4.92 Å². The van der Waals surface area contributed by atoms with Gasteiger partial charge in [-0.15, -0.1) is 0 Å². The smallest absolute Gasteiger partial charge is 0.334 e. The number of nitrogens with zero attached hydrogens (tertiary/aromatic N) is 4. The quantitative estimate of drug-likeness (QED) is 0.453. The maximum Gasteiger partial charge on any atom is 0.348 e. The molecule has 3 aromatic rings. The molecular formula is C13H8ClN5O2. The maximum atomic E-state index is 11.1. The van der Waals surface area contributed by atoms with Gasteiger partial charge >= 0.3 is 5.69 Å². The Labute approximate surface area is 123 Å². The van der Waals surface area contributed by atoms with Gasteiger partial charge in [0.05, 0.1) is 4.92 Å². The summed E-state index contributed by atoms with van der Waals surface area (Å²) in [6.07, 6.45) is 4.52. The SMILES string of the molecule is O=[N+]([O-])c1c(Cl)ncnc1Nc1cccc2ccncc12. The van der Waals surface area contributed by atoms with Crippen LogP contribution in [0.1, 0.15) is 0 Å². The fraction of sp³-hybridized carbons (Fsp3) is 0. The normalized spacial score (nSPS) is 10.5. The number of hydrogen-bond donors (Lipinski definition) is 1. The summed E-state index contributed by atoms with van der Waals surface area (Å²) in [6, 6.07) is 7.38. The summed E-state index contributed by atoms with van der Waals surface area (Å²) in [5.74, 6) is 0.0383. The summed E-state index contributed by atoms with van der Waals surface area (Å²) in [6.45, 7) is 0. The van der Waals surface area contributed by atoms with Crippen molar-refractivity contribution in [3.63, 3.8) is 0 Å². The number of hydrogen-bond acceptors (Lipinski definition) is 6. The van der Waals surface area contributed by atoms with Crippen molar-refractivity contribution in [1.29, 1.82) is 0 Å². The summed E-state index contributed by atoms with van der Waals surface area (Å²) < 4.78 is 0. The Hall–Kier alpha value is -2.80. The van der Waals surface area contributed by atoms with E-state index in [1.165, 1.54) is 6.33 Å². The molecule has 8 heteroatoms. The highest BCUT2D eigenvalue weighted by molar-refractivity contribution is 6.31. The lowest BCUT2D eigenvalue weighted by molar-refractivity contribution is -0.384. The second-order valence-corrected chi connectivity index (χ2v) is 4.50. The minimum atomic E-state index is -0.617. The molecule has 0 aliphatic heterocycles. The molecule has 0 aliphatic rings. The zero-order valence-corrected chi connectivity index (χ0v) is 11.3. The fourth-order valence-corrected chi connectivity index (χ4v) is 2.16. The third-order valence-corrected chi connectivity index (χ3v) is 3.17. The van der Waals surface area contributed by atoms with Crippen molar-refractivity contribution in [2.75, 3.05) is 5.32 Å². The first-order valence-corrected chi connectivity index (χ1v) is 6.29. The average Bonchev–Trinajstić information content (AvgIpc) is 2.47. The van der Waals surface area contributed by atoms with Gasteiger partial charge in [0.2, 0.25) is 11.0 Å². The van der Waals surface area contributed by atoms with Crippen LogP contribution in [0.2, 0.25) is 5.15 Å². The van der Waals surface area contributed by atoms with Gasteiger partial charge in [-0.1, -0.05) is 23.7 Å². The van der Waals surface area contributed by atoms with Crippen LogP contribution < -0.4 is 5.32 Å². The van der Waals surface area contributed by atoms with Crippen LogP contribution >= 0.6 is 11.6 Å². The first-order chi connectivity index (χ1) is 10.2.